The van der Waals surface area contributed by atoms with E-state index in [4.69, 9.17) is 5.73 Å². The van der Waals surface area contributed by atoms with Crippen LogP contribution in [0, 0.1) is 6.92 Å². The molecule has 0 spiro atoms. The van der Waals surface area contributed by atoms with Crippen molar-refractivity contribution in [1.82, 2.24) is 15.3 Å². The number of pyridine rings is 2. The van der Waals surface area contributed by atoms with Crippen LogP contribution in [0.1, 0.15) is 23.0 Å². The summed E-state index contributed by atoms with van der Waals surface area (Å²) in [6.07, 6.45) is 4.31. The van der Waals surface area contributed by atoms with Crippen LogP contribution in [0.3, 0.4) is 0 Å². The van der Waals surface area contributed by atoms with E-state index in [1.165, 1.54) is 0 Å². The number of aromatic nitrogens is 2. The monoisotopic (exact) mass is 242 g/mol. The van der Waals surface area contributed by atoms with Gasteiger partial charge in [-0.2, -0.15) is 0 Å². The van der Waals surface area contributed by atoms with Gasteiger partial charge in [-0.15, -0.1) is 0 Å². The number of hydrogen-bond acceptors (Lipinski definition) is 4. The molecule has 2 heterocycles. The molecule has 0 aromatic carbocycles. The highest BCUT2D eigenvalue weighted by Crippen LogP contribution is 2.19. The van der Waals surface area contributed by atoms with E-state index in [0.29, 0.717) is 0 Å². The minimum absolute atomic E-state index is 0.149. The maximum Gasteiger partial charge on any atom is 0.0579 e. The largest absolute Gasteiger partial charge is 0.398 e. The predicted molar refractivity (Wildman–Crippen MR) is 73.1 cm³/mol. The number of nitrogen functional groups attached to an aromatic ring is 1. The van der Waals surface area contributed by atoms with E-state index in [-0.39, 0.29) is 6.04 Å². The summed E-state index contributed by atoms with van der Waals surface area (Å²) < 4.78 is 0. The second kappa shape index (κ2) is 5.60. The number of nitrogens with zero attached hydrogens (tertiary/aromatic N) is 2. The Morgan fingerprint density at radius 2 is 2.17 bits per heavy atom. The molecule has 94 valence electrons. The Hall–Kier alpha value is -1.94. The fourth-order valence-electron chi connectivity index (χ4n) is 1.94. The second-order valence-electron chi connectivity index (χ2n) is 4.32. The molecular weight excluding hydrogens is 224 g/mol. The Labute approximate surface area is 107 Å². The molecule has 3 N–H and O–H groups in total. The van der Waals surface area contributed by atoms with Crippen LogP contribution < -0.4 is 11.1 Å². The first-order valence-electron chi connectivity index (χ1n) is 6.00. The molecule has 4 nitrogen and oxygen atoms in total. The van der Waals surface area contributed by atoms with Gasteiger partial charge in [0.2, 0.25) is 0 Å². The molecule has 2 aromatic heterocycles. The normalized spacial score (nSPS) is 12.3. The van der Waals surface area contributed by atoms with Gasteiger partial charge < -0.3 is 11.1 Å². The van der Waals surface area contributed by atoms with Crippen LogP contribution in [0.5, 0.6) is 0 Å². The van der Waals surface area contributed by atoms with Gasteiger partial charge in [-0.1, -0.05) is 6.07 Å². The molecule has 0 amide bonds. The standard InChI is InChI=1S/C14H18N4/c1-10-4-3-5-13(18-10)14(16-2)8-11-9-17-7-6-12(11)15/h3-7,9,14,16H,8H2,1-2H3,(H2,15,17). The third-order valence-electron chi connectivity index (χ3n) is 2.98. The van der Waals surface area contributed by atoms with Gasteiger partial charge in [-0.05, 0) is 44.2 Å². The van der Waals surface area contributed by atoms with Crippen LogP contribution in [-0.4, -0.2) is 17.0 Å². The smallest absolute Gasteiger partial charge is 0.0579 e. The average Bonchev–Trinajstić information content (AvgIpc) is 2.38. The van der Waals surface area contributed by atoms with Crippen molar-refractivity contribution in [3.8, 4) is 0 Å². The van der Waals surface area contributed by atoms with Gasteiger partial charge in [0.1, 0.15) is 0 Å². The van der Waals surface area contributed by atoms with Gasteiger partial charge in [0.25, 0.3) is 0 Å². The van der Waals surface area contributed by atoms with Gasteiger partial charge in [0, 0.05) is 23.8 Å². The summed E-state index contributed by atoms with van der Waals surface area (Å²) in [6.45, 7) is 1.99. The zero-order valence-electron chi connectivity index (χ0n) is 10.7. The molecule has 1 unspecified atom stereocenters. The molecule has 0 fully saturated rings. The molecule has 1 atom stereocenters. The van der Waals surface area contributed by atoms with E-state index < -0.39 is 0 Å². The first-order chi connectivity index (χ1) is 8.70. The first kappa shape index (κ1) is 12.5. The lowest BCUT2D eigenvalue weighted by Gasteiger charge is -2.17. The average molecular weight is 242 g/mol. The number of nitrogens with one attached hydrogen (secondary N) is 1. The third-order valence-corrected chi connectivity index (χ3v) is 2.98. The molecule has 0 bridgehead atoms. The zero-order valence-corrected chi connectivity index (χ0v) is 10.7. The Kier molecular flexibility index (Phi) is 3.89. The molecule has 0 aliphatic heterocycles. The number of nitrogens with two attached hydrogens (primary N) is 1. The molecule has 0 aliphatic rings. The van der Waals surface area contributed by atoms with Crippen LogP contribution in [0.2, 0.25) is 0 Å². The predicted octanol–water partition coefficient (Wildman–Crippen LogP) is 1.87. The van der Waals surface area contributed by atoms with Gasteiger partial charge >= 0.3 is 0 Å². The lowest BCUT2D eigenvalue weighted by Crippen LogP contribution is -2.20. The van der Waals surface area contributed by atoms with Crippen LogP contribution in [0.15, 0.2) is 36.7 Å². The molecule has 0 saturated heterocycles. The van der Waals surface area contributed by atoms with E-state index in [1.54, 1.807) is 6.20 Å². The minimum atomic E-state index is 0.149. The first-order valence-corrected chi connectivity index (χ1v) is 6.00. The molecule has 0 radical (unpaired) electrons. The van der Waals surface area contributed by atoms with Crippen molar-refractivity contribution in [1.29, 1.82) is 0 Å². The third kappa shape index (κ3) is 2.84. The van der Waals surface area contributed by atoms with Crippen LogP contribution in [0.4, 0.5) is 5.69 Å². The SMILES string of the molecule is CNC(Cc1cnccc1N)c1cccc(C)n1. The van der Waals surface area contributed by atoms with Crippen molar-refractivity contribution in [3.05, 3.63) is 53.6 Å². The topological polar surface area (TPSA) is 63.8 Å². The number of likely N-dealkylation sites (N-methyl/N-ethyl adjacent to an activating group) is 1. The molecule has 18 heavy (non-hydrogen) atoms. The Balaban J connectivity index is 2.23. The maximum atomic E-state index is 5.94. The van der Waals surface area contributed by atoms with E-state index in [1.807, 2.05) is 44.4 Å². The van der Waals surface area contributed by atoms with Crippen LogP contribution in [-0.2, 0) is 6.42 Å². The fourth-order valence-corrected chi connectivity index (χ4v) is 1.94. The van der Waals surface area contributed by atoms with E-state index >= 15 is 0 Å². The number of rotatable bonds is 4. The fraction of sp³-hybridized carbons (Fsp3) is 0.286. The summed E-state index contributed by atoms with van der Waals surface area (Å²) in [5.74, 6) is 0. The number of anilines is 1. The van der Waals surface area contributed by atoms with Gasteiger partial charge in [0.15, 0.2) is 0 Å². The minimum Gasteiger partial charge on any atom is -0.398 e. The Morgan fingerprint density at radius 1 is 1.33 bits per heavy atom. The lowest BCUT2D eigenvalue weighted by molar-refractivity contribution is 0.574. The van der Waals surface area contributed by atoms with Crippen molar-refractivity contribution >= 4 is 5.69 Å². The van der Waals surface area contributed by atoms with Crippen molar-refractivity contribution in [2.75, 3.05) is 12.8 Å². The Bertz CT molecular complexity index is 525. The van der Waals surface area contributed by atoms with Crippen molar-refractivity contribution in [3.63, 3.8) is 0 Å². The van der Waals surface area contributed by atoms with Crippen molar-refractivity contribution in [2.24, 2.45) is 0 Å². The van der Waals surface area contributed by atoms with Crippen LogP contribution >= 0.6 is 0 Å². The molecule has 4 heteroatoms. The molecule has 2 aromatic rings. The van der Waals surface area contributed by atoms with Gasteiger partial charge in [0.05, 0.1) is 11.7 Å². The summed E-state index contributed by atoms with van der Waals surface area (Å²) in [5.41, 5.74) is 9.81. The highest BCUT2D eigenvalue weighted by molar-refractivity contribution is 5.45. The van der Waals surface area contributed by atoms with E-state index in [2.05, 4.69) is 15.3 Å². The van der Waals surface area contributed by atoms with Crippen molar-refractivity contribution in [2.45, 2.75) is 19.4 Å². The summed E-state index contributed by atoms with van der Waals surface area (Å²) in [4.78, 5) is 8.66. The zero-order chi connectivity index (χ0) is 13.0. The molecule has 0 saturated carbocycles. The van der Waals surface area contributed by atoms with E-state index in [0.717, 1.165) is 29.1 Å². The van der Waals surface area contributed by atoms with Gasteiger partial charge in [-0.3, -0.25) is 9.97 Å². The van der Waals surface area contributed by atoms with Crippen molar-refractivity contribution < 1.29 is 0 Å². The summed E-state index contributed by atoms with van der Waals surface area (Å²) in [6, 6.07) is 8.02. The summed E-state index contributed by atoms with van der Waals surface area (Å²) >= 11 is 0. The van der Waals surface area contributed by atoms with E-state index in [9.17, 15) is 0 Å². The summed E-state index contributed by atoms with van der Waals surface area (Å²) in [5, 5.41) is 3.28. The molecule has 2 rings (SSSR count). The Morgan fingerprint density at radius 3 is 2.83 bits per heavy atom. The van der Waals surface area contributed by atoms with Crippen LogP contribution in [0.25, 0.3) is 0 Å². The highest BCUT2D eigenvalue weighted by atomic mass is 14.9. The number of hydrogen-bond donors (Lipinski definition) is 2. The number of aryl methyl sites for hydroxylation is 1. The maximum absolute atomic E-state index is 5.94. The quantitative estimate of drug-likeness (QED) is 0.859. The van der Waals surface area contributed by atoms with Gasteiger partial charge in [-0.25, -0.2) is 0 Å². The summed E-state index contributed by atoms with van der Waals surface area (Å²) in [7, 11) is 1.93. The molecular formula is C14H18N4. The molecule has 0 aliphatic carbocycles. The lowest BCUT2D eigenvalue weighted by atomic mass is 10.0. The second-order valence-corrected chi connectivity index (χ2v) is 4.32. The highest BCUT2D eigenvalue weighted by Gasteiger charge is 2.13.